The molecule has 0 amide bonds. The van der Waals surface area contributed by atoms with Crippen molar-refractivity contribution in [1.29, 1.82) is 0 Å². The molecule has 0 radical (unpaired) electrons. The Morgan fingerprint density at radius 2 is 2.29 bits per heavy atom. The van der Waals surface area contributed by atoms with Gasteiger partial charge in [0.2, 0.25) is 0 Å². The quantitative estimate of drug-likeness (QED) is 0.754. The maximum absolute atomic E-state index is 5.32. The molecule has 1 aromatic heterocycles. The number of fused-ring (bicyclic) bond motifs is 3. The van der Waals surface area contributed by atoms with Gasteiger partial charge in [0.25, 0.3) is 0 Å². The Hall–Kier alpha value is -1.72. The molecule has 3 rings (SSSR count). The summed E-state index contributed by atoms with van der Waals surface area (Å²) in [5.41, 5.74) is 4.06. The van der Waals surface area contributed by atoms with Crippen LogP contribution in [-0.4, -0.2) is 11.5 Å². The van der Waals surface area contributed by atoms with Crippen molar-refractivity contribution in [1.82, 2.24) is 10.3 Å². The summed E-state index contributed by atoms with van der Waals surface area (Å²) in [4.78, 5) is 3.54. The van der Waals surface area contributed by atoms with Crippen molar-refractivity contribution in [2.24, 2.45) is 0 Å². The normalized spacial score (nSPS) is 18.9. The number of para-hydroxylation sites is 1. The number of hydrogen-bond acceptors (Lipinski definition) is 1. The first-order valence-electron chi connectivity index (χ1n) is 6.16. The fourth-order valence-electron chi connectivity index (χ4n) is 2.80. The van der Waals surface area contributed by atoms with Crippen molar-refractivity contribution in [2.45, 2.75) is 25.3 Å². The van der Waals surface area contributed by atoms with E-state index in [1.165, 1.54) is 41.4 Å². The summed E-state index contributed by atoms with van der Waals surface area (Å²) in [6, 6.07) is 8.92. The van der Waals surface area contributed by atoms with Crippen molar-refractivity contribution >= 4 is 10.9 Å². The van der Waals surface area contributed by atoms with E-state index in [9.17, 15) is 0 Å². The number of rotatable bonds is 2. The van der Waals surface area contributed by atoms with Crippen LogP contribution >= 0.6 is 0 Å². The highest BCUT2D eigenvalue weighted by molar-refractivity contribution is 5.85. The van der Waals surface area contributed by atoms with Crippen LogP contribution in [0.3, 0.4) is 0 Å². The second kappa shape index (κ2) is 4.27. The Balaban J connectivity index is 2.05. The van der Waals surface area contributed by atoms with E-state index in [-0.39, 0.29) is 0 Å². The summed E-state index contributed by atoms with van der Waals surface area (Å²) in [6.07, 6.45) is 8.89. The lowest BCUT2D eigenvalue weighted by molar-refractivity contribution is 0.476. The number of aryl methyl sites for hydroxylation is 1. The molecule has 0 spiro atoms. The molecule has 2 nitrogen and oxygen atoms in total. The predicted molar refractivity (Wildman–Crippen MR) is 70.8 cm³/mol. The molecule has 86 valence electrons. The van der Waals surface area contributed by atoms with Gasteiger partial charge in [-0.1, -0.05) is 24.1 Å². The van der Waals surface area contributed by atoms with Crippen molar-refractivity contribution in [3.63, 3.8) is 0 Å². The van der Waals surface area contributed by atoms with Gasteiger partial charge in [-0.2, -0.15) is 0 Å². The molecule has 0 bridgehead atoms. The maximum Gasteiger partial charge on any atom is 0.0579 e. The van der Waals surface area contributed by atoms with Crippen molar-refractivity contribution in [3.8, 4) is 12.3 Å². The molecule has 1 aromatic carbocycles. The molecular weight excluding hydrogens is 208 g/mol. The molecule has 1 atom stereocenters. The topological polar surface area (TPSA) is 27.8 Å². The van der Waals surface area contributed by atoms with Crippen LogP contribution in [0.4, 0.5) is 0 Å². The van der Waals surface area contributed by atoms with Crippen LogP contribution in [0.1, 0.15) is 30.1 Å². The molecule has 2 N–H and O–H groups in total. The number of H-pyrrole nitrogens is 1. The average molecular weight is 224 g/mol. The zero-order chi connectivity index (χ0) is 11.7. The summed E-state index contributed by atoms with van der Waals surface area (Å²) in [5.74, 6) is 2.65. The lowest BCUT2D eigenvalue weighted by atomic mass is 9.92. The number of aromatic nitrogens is 1. The van der Waals surface area contributed by atoms with E-state index in [2.05, 4.69) is 40.5 Å². The fraction of sp³-hybridized carbons (Fsp3) is 0.333. The number of terminal acetylenes is 1. The Morgan fingerprint density at radius 3 is 3.18 bits per heavy atom. The van der Waals surface area contributed by atoms with E-state index < -0.39 is 0 Å². The number of benzene rings is 1. The molecule has 17 heavy (non-hydrogen) atoms. The summed E-state index contributed by atoms with van der Waals surface area (Å²) >= 11 is 0. The molecule has 1 aliphatic carbocycles. The van der Waals surface area contributed by atoms with E-state index in [4.69, 9.17) is 6.42 Å². The molecule has 0 fully saturated rings. The lowest BCUT2D eigenvalue weighted by Crippen LogP contribution is -2.25. The van der Waals surface area contributed by atoms with Crippen molar-refractivity contribution < 1.29 is 0 Å². The summed E-state index contributed by atoms with van der Waals surface area (Å²) in [5, 5.41) is 4.79. The zero-order valence-corrected chi connectivity index (χ0v) is 9.79. The van der Waals surface area contributed by atoms with Crippen LogP contribution in [0.2, 0.25) is 0 Å². The number of nitrogens with one attached hydrogen (secondary N) is 2. The molecule has 2 aromatic rings. The summed E-state index contributed by atoms with van der Waals surface area (Å²) in [7, 11) is 0. The first kappa shape index (κ1) is 10.4. The number of hydrogen-bond donors (Lipinski definition) is 2. The highest BCUT2D eigenvalue weighted by atomic mass is 14.9. The Bertz CT molecular complexity index is 574. The monoisotopic (exact) mass is 224 g/mol. The minimum atomic E-state index is 0.391. The van der Waals surface area contributed by atoms with Crippen molar-refractivity contribution in [3.05, 3.63) is 35.5 Å². The SMILES string of the molecule is C#CCNC1CCCc2c1[nH]c1ccccc21. The van der Waals surface area contributed by atoms with Gasteiger partial charge in [0.05, 0.1) is 6.54 Å². The minimum Gasteiger partial charge on any atom is -0.357 e. The first-order valence-corrected chi connectivity index (χ1v) is 6.16. The molecule has 1 heterocycles. The van der Waals surface area contributed by atoms with Gasteiger partial charge in [-0.3, -0.25) is 5.32 Å². The van der Waals surface area contributed by atoms with Gasteiger partial charge in [0.1, 0.15) is 0 Å². The molecular formula is C15H16N2. The third-order valence-corrected chi connectivity index (χ3v) is 3.57. The van der Waals surface area contributed by atoms with Crippen LogP contribution in [0.15, 0.2) is 24.3 Å². The smallest absolute Gasteiger partial charge is 0.0579 e. The van der Waals surface area contributed by atoms with Gasteiger partial charge in [-0.15, -0.1) is 6.42 Å². The molecule has 2 heteroatoms. The predicted octanol–water partition coefficient (Wildman–Crippen LogP) is 2.77. The Kier molecular flexibility index (Phi) is 2.62. The third-order valence-electron chi connectivity index (χ3n) is 3.57. The minimum absolute atomic E-state index is 0.391. The zero-order valence-electron chi connectivity index (χ0n) is 9.79. The second-order valence-corrected chi connectivity index (χ2v) is 4.59. The van der Waals surface area contributed by atoms with Crippen LogP contribution in [0, 0.1) is 12.3 Å². The van der Waals surface area contributed by atoms with Gasteiger partial charge in [0.15, 0.2) is 0 Å². The highest BCUT2D eigenvalue weighted by Crippen LogP contribution is 2.34. The first-order chi connectivity index (χ1) is 8.40. The number of aromatic amines is 1. The van der Waals surface area contributed by atoms with Gasteiger partial charge in [-0.05, 0) is 30.9 Å². The van der Waals surface area contributed by atoms with E-state index in [1.807, 2.05) is 0 Å². The van der Waals surface area contributed by atoms with E-state index in [0.29, 0.717) is 12.6 Å². The van der Waals surface area contributed by atoms with Crippen LogP contribution in [0.5, 0.6) is 0 Å². The fourth-order valence-corrected chi connectivity index (χ4v) is 2.80. The summed E-state index contributed by atoms with van der Waals surface area (Å²) in [6.45, 7) is 0.638. The Morgan fingerprint density at radius 1 is 1.41 bits per heavy atom. The maximum atomic E-state index is 5.32. The third kappa shape index (κ3) is 1.73. The van der Waals surface area contributed by atoms with E-state index >= 15 is 0 Å². The van der Waals surface area contributed by atoms with Crippen LogP contribution < -0.4 is 5.32 Å². The molecule has 1 aliphatic rings. The van der Waals surface area contributed by atoms with Gasteiger partial charge >= 0.3 is 0 Å². The average Bonchev–Trinajstić information content (AvgIpc) is 2.75. The highest BCUT2D eigenvalue weighted by Gasteiger charge is 2.23. The van der Waals surface area contributed by atoms with E-state index in [0.717, 1.165) is 0 Å². The summed E-state index contributed by atoms with van der Waals surface area (Å²) < 4.78 is 0. The van der Waals surface area contributed by atoms with Gasteiger partial charge in [0, 0.05) is 22.6 Å². The standard InChI is InChI=1S/C15H16N2/c1-2-10-16-14-9-5-7-12-11-6-3-4-8-13(11)17-15(12)14/h1,3-4,6,8,14,16-17H,5,7,9-10H2. The molecule has 1 unspecified atom stereocenters. The van der Waals surface area contributed by atoms with Crippen LogP contribution in [-0.2, 0) is 6.42 Å². The van der Waals surface area contributed by atoms with Crippen molar-refractivity contribution in [2.75, 3.05) is 6.54 Å². The molecule has 0 saturated carbocycles. The van der Waals surface area contributed by atoms with E-state index in [1.54, 1.807) is 0 Å². The van der Waals surface area contributed by atoms with Gasteiger partial charge < -0.3 is 4.98 Å². The largest absolute Gasteiger partial charge is 0.357 e. The lowest BCUT2D eigenvalue weighted by Gasteiger charge is -2.22. The Labute approximate surface area is 101 Å². The second-order valence-electron chi connectivity index (χ2n) is 4.59. The molecule has 0 aliphatic heterocycles. The van der Waals surface area contributed by atoms with Gasteiger partial charge in [-0.25, -0.2) is 0 Å². The molecule has 0 saturated heterocycles. The van der Waals surface area contributed by atoms with Crippen LogP contribution in [0.25, 0.3) is 10.9 Å².